The van der Waals surface area contributed by atoms with E-state index < -0.39 is 0 Å². The molecule has 3 rings (SSSR count). The zero-order valence-corrected chi connectivity index (χ0v) is 12.7. The van der Waals surface area contributed by atoms with Crippen LogP contribution in [-0.4, -0.2) is 20.9 Å². The maximum absolute atomic E-state index is 13.4. The van der Waals surface area contributed by atoms with Gasteiger partial charge in [0, 0.05) is 11.1 Å². The highest BCUT2D eigenvalue weighted by Gasteiger charge is 2.14. The van der Waals surface area contributed by atoms with E-state index in [1.54, 1.807) is 29.8 Å². The first-order valence-corrected chi connectivity index (χ1v) is 7.11. The van der Waals surface area contributed by atoms with Gasteiger partial charge in [-0.1, -0.05) is 13.8 Å². The Morgan fingerprint density at radius 2 is 2.05 bits per heavy atom. The molecule has 112 valence electrons. The van der Waals surface area contributed by atoms with Crippen molar-refractivity contribution in [1.29, 1.82) is 0 Å². The molecule has 0 spiro atoms. The normalized spacial score (nSPS) is 11.3. The van der Waals surface area contributed by atoms with Crippen LogP contribution in [0.4, 0.5) is 4.39 Å². The van der Waals surface area contributed by atoms with Gasteiger partial charge in [-0.25, -0.2) is 13.9 Å². The number of aromatic nitrogens is 3. The van der Waals surface area contributed by atoms with E-state index in [0.29, 0.717) is 23.2 Å². The summed E-state index contributed by atoms with van der Waals surface area (Å²) in [5.74, 6) is -0.00696. The predicted molar refractivity (Wildman–Crippen MR) is 82.6 cm³/mol. The van der Waals surface area contributed by atoms with Gasteiger partial charge in [0.05, 0.1) is 11.9 Å². The number of aldehydes is 1. The first-order chi connectivity index (χ1) is 10.5. The largest absolute Gasteiger partial charge is 0.296 e. The van der Waals surface area contributed by atoms with E-state index in [1.165, 1.54) is 6.07 Å². The van der Waals surface area contributed by atoms with Gasteiger partial charge in [-0.3, -0.25) is 4.79 Å². The molecule has 0 unspecified atom stereocenters. The summed E-state index contributed by atoms with van der Waals surface area (Å²) in [4.78, 5) is 15.2. The summed E-state index contributed by atoms with van der Waals surface area (Å²) in [6.07, 6.45) is 2.31. The number of benzene rings is 1. The lowest BCUT2D eigenvalue weighted by molar-refractivity contribution is 0.111. The third-order valence-corrected chi connectivity index (χ3v) is 3.67. The van der Waals surface area contributed by atoms with Crippen LogP contribution in [0, 0.1) is 12.7 Å². The monoisotopic (exact) mass is 297 g/mol. The first-order valence-electron chi connectivity index (χ1n) is 7.11. The third kappa shape index (κ3) is 2.39. The van der Waals surface area contributed by atoms with Crippen LogP contribution in [0.2, 0.25) is 0 Å². The minimum atomic E-state index is -0.236. The minimum absolute atomic E-state index is 0.229. The predicted octanol–water partition coefficient (Wildman–Crippen LogP) is 3.78. The number of imidazole rings is 1. The lowest BCUT2D eigenvalue weighted by Crippen LogP contribution is -2.01. The minimum Gasteiger partial charge on any atom is -0.296 e. The molecule has 0 fully saturated rings. The molecule has 0 N–H and O–H groups in total. The van der Waals surface area contributed by atoms with Gasteiger partial charge in [0.15, 0.2) is 11.9 Å². The summed E-state index contributed by atoms with van der Waals surface area (Å²) in [5.41, 5.74) is 4.17. The van der Waals surface area contributed by atoms with Gasteiger partial charge in [0.2, 0.25) is 0 Å². The molecule has 22 heavy (non-hydrogen) atoms. The lowest BCUT2D eigenvalue weighted by atomic mass is 10.0. The Hall–Kier alpha value is -2.56. The highest BCUT2D eigenvalue weighted by molar-refractivity contribution is 5.74. The number of fused-ring (bicyclic) bond motifs is 1. The molecule has 0 aliphatic heterocycles. The highest BCUT2D eigenvalue weighted by Crippen LogP contribution is 2.26. The third-order valence-electron chi connectivity index (χ3n) is 3.67. The highest BCUT2D eigenvalue weighted by atomic mass is 19.1. The summed E-state index contributed by atoms with van der Waals surface area (Å²) >= 11 is 0. The number of aryl methyl sites for hydroxylation is 1. The second-order valence-electron chi connectivity index (χ2n) is 5.66. The van der Waals surface area contributed by atoms with E-state index >= 15 is 0 Å². The Morgan fingerprint density at radius 3 is 2.68 bits per heavy atom. The molecule has 4 nitrogen and oxygen atoms in total. The van der Waals surface area contributed by atoms with Crippen LogP contribution in [-0.2, 0) is 0 Å². The van der Waals surface area contributed by atoms with Gasteiger partial charge in [-0.15, -0.1) is 0 Å². The summed E-state index contributed by atoms with van der Waals surface area (Å²) in [6.45, 7) is 5.84. The molecule has 1 aromatic carbocycles. The van der Waals surface area contributed by atoms with Crippen molar-refractivity contribution in [3.63, 3.8) is 0 Å². The standard InChI is InChI=1S/C17H16FN3O/c1-10(2)14-7-16(12-4-5-15(18)11(3)6-12)20-21-8-13(9-22)19-17(14)21/h4-10H,1-3H3. The number of hydrogen-bond acceptors (Lipinski definition) is 3. The van der Waals surface area contributed by atoms with Crippen molar-refractivity contribution < 1.29 is 9.18 Å². The number of rotatable bonds is 3. The van der Waals surface area contributed by atoms with E-state index in [4.69, 9.17) is 0 Å². The average Bonchev–Trinajstić information content (AvgIpc) is 2.91. The Bertz CT molecular complexity index is 868. The quantitative estimate of drug-likeness (QED) is 0.691. The smallest absolute Gasteiger partial charge is 0.170 e. The number of carbonyl (C=O) groups is 1. The van der Waals surface area contributed by atoms with Gasteiger partial charge >= 0.3 is 0 Å². The van der Waals surface area contributed by atoms with Crippen molar-refractivity contribution in [2.45, 2.75) is 26.7 Å². The molecule has 0 amide bonds. The Balaban J connectivity index is 2.25. The van der Waals surface area contributed by atoms with Crippen LogP contribution in [0.3, 0.4) is 0 Å². The van der Waals surface area contributed by atoms with Crippen molar-refractivity contribution in [2.75, 3.05) is 0 Å². The Morgan fingerprint density at radius 1 is 1.27 bits per heavy atom. The van der Waals surface area contributed by atoms with E-state index in [-0.39, 0.29) is 11.7 Å². The van der Waals surface area contributed by atoms with E-state index in [9.17, 15) is 9.18 Å². The molecule has 0 saturated heterocycles. The molecular formula is C17H16FN3O. The average molecular weight is 297 g/mol. The second-order valence-corrected chi connectivity index (χ2v) is 5.66. The molecule has 3 aromatic rings. The zero-order valence-electron chi connectivity index (χ0n) is 12.7. The summed E-state index contributed by atoms with van der Waals surface area (Å²) < 4.78 is 15.1. The number of nitrogens with zero attached hydrogens (tertiary/aromatic N) is 3. The van der Waals surface area contributed by atoms with E-state index in [1.807, 2.05) is 6.07 Å². The van der Waals surface area contributed by atoms with Crippen molar-refractivity contribution in [2.24, 2.45) is 0 Å². The molecule has 2 aromatic heterocycles. The topological polar surface area (TPSA) is 47.3 Å². The number of halogens is 1. The number of carbonyl (C=O) groups excluding carboxylic acids is 1. The Labute approximate surface area is 127 Å². The molecule has 2 heterocycles. The Kier molecular flexibility index (Phi) is 3.48. The van der Waals surface area contributed by atoms with Crippen LogP contribution < -0.4 is 0 Å². The molecule has 0 aliphatic carbocycles. The van der Waals surface area contributed by atoms with Crippen LogP contribution >= 0.6 is 0 Å². The fourth-order valence-corrected chi connectivity index (χ4v) is 2.45. The van der Waals surface area contributed by atoms with Crippen LogP contribution in [0.15, 0.2) is 30.5 Å². The summed E-state index contributed by atoms with van der Waals surface area (Å²) in [6, 6.07) is 6.87. The fraction of sp³-hybridized carbons (Fsp3) is 0.235. The molecule has 0 atom stereocenters. The van der Waals surface area contributed by atoms with Gasteiger partial charge in [-0.2, -0.15) is 5.10 Å². The zero-order chi connectivity index (χ0) is 15.9. The number of hydrogen-bond donors (Lipinski definition) is 0. The fourth-order valence-electron chi connectivity index (χ4n) is 2.45. The molecule has 5 heteroatoms. The SMILES string of the molecule is Cc1cc(-c2cc(C(C)C)c3nc(C=O)cn3n2)ccc1F. The molecular weight excluding hydrogens is 281 g/mol. The van der Waals surface area contributed by atoms with Gasteiger partial charge in [-0.05, 0) is 42.7 Å². The van der Waals surface area contributed by atoms with Crippen molar-refractivity contribution in [1.82, 2.24) is 14.6 Å². The van der Waals surface area contributed by atoms with Crippen molar-refractivity contribution in [3.05, 3.63) is 53.1 Å². The van der Waals surface area contributed by atoms with E-state index in [0.717, 1.165) is 16.8 Å². The molecule has 0 bridgehead atoms. The van der Waals surface area contributed by atoms with Crippen molar-refractivity contribution in [3.8, 4) is 11.3 Å². The molecule has 0 radical (unpaired) electrons. The van der Waals surface area contributed by atoms with Crippen LogP contribution in [0.5, 0.6) is 0 Å². The van der Waals surface area contributed by atoms with Gasteiger partial charge in [0.1, 0.15) is 11.5 Å². The first kappa shape index (κ1) is 14.4. The molecule has 0 aliphatic rings. The van der Waals surface area contributed by atoms with E-state index in [2.05, 4.69) is 23.9 Å². The summed E-state index contributed by atoms with van der Waals surface area (Å²) in [5, 5.41) is 4.50. The summed E-state index contributed by atoms with van der Waals surface area (Å²) in [7, 11) is 0. The molecule has 0 saturated carbocycles. The maximum Gasteiger partial charge on any atom is 0.170 e. The van der Waals surface area contributed by atoms with Crippen LogP contribution in [0.1, 0.15) is 41.4 Å². The maximum atomic E-state index is 13.4. The van der Waals surface area contributed by atoms with Crippen LogP contribution in [0.25, 0.3) is 16.9 Å². The van der Waals surface area contributed by atoms with Gasteiger partial charge < -0.3 is 0 Å². The van der Waals surface area contributed by atoms with Crippen molar-refractivity contribution >= 4 is 11.9 Å². The lowest BCUT2D eigenvalue weighted by Gasteiger charge is -2.10. The van der Waals surface area contributed by atoms with Gasteiger partial charge in [0.25, 0.3) is 0 Å². The second kappa shape index (κ2) is 5.33.